The van der Waals surface area contributed by atoms with E-state index in [4.69, 9.17) is 9.40 Å². The normalized spacial score (nSPS) is 13.3. The third-order valence-corrected chi connectivity index (χ3v) is 11.5. The van der Waals surface area contributed by atoms with Gasteiger partial charge >= 0.3 is 0 Å². The number of fused-ring (bicyclic) bond motifs is 10. The lowest BCUT2D eigenvalue weighted by atomic mass is 9.80. The summed E-state index contributed by atoms with van der Waals surface area (Å²) in [5, 5.41) is 9.61. The van der Waals surface area contributed by atoms with Gasteiger partial charge in [0.15, 0.2) is 5.58 Å². The molecule has 0 bridgehead atoms. The van der Waals surface area contributed by atoms with E-state index in [0.717, 1.165) is 32.8 Å². The highest BCUT2D eigenvalue weighted by Gasteiger charge is 2.35. The van der Waals surface area contributed by atoms with E-state index in [1.54, 1.807) is 0 Å². The second-order valence-electron chi connectivity index (χ2n) is 14.7. The van der Waals surface area contributed by atoms with Crippen LogP contribution < -0.4 is 0 Å². The molecule has 0 spiro atoms. The first kappa shape index (κ1) is 29.2. The molecule has 2 nitrogen and oxygen atoms in total. The summed E-state index contributed by atoms with van der Waals surface area (Å²) in [6, 6.07) is 59.6. The third kappa shape index (κ3) is 4.09. The Morgan fingerprint density at radius 3 is 1.75 bits per heavy atom. The molecular formula is C50H33NO. The molecular weight excluding hydrogens is 631 g/mol. The Balaban J connectivity index is 1.13. The highest BCUT2D eigenvalue weighted by molar-refractivity contribution is 6.23. The molecule has 0 saturated heterocycles. The predicted molar refractivity (Wildman–Crippen MR) is 218 cm³/mol. The number of rotatable bonds is 3. The van der Waals surface area contributed by atoms with Crippen LogP contribution in [0, 0.1) is 0 Å². The molecule has 52 heavy (non-hydrogen) atoms. The molecule has 1 aliphatic carbocycles. The van der Waals surface area contributed by atoms with Crippen LogP contribution in [0.1, 0.15) is 25.0 Å². The molecule has 244 valence electrons. The van der Waals surface area contributed by atoms with Gasteiger partial charge in [-0.3, -0.25) is 0 Å². The van der Waals surface area contributed by atoms with Crippen LogP contribution in [-0.4, -0.2) is 4.98 Å². The van der Waals surface area contributed by atoms with E-state index in [0.29, 0.717) is 5.89 Å². The van der Waals surface area contributed by atoms with Crippen LogP contribution in [0.5, 0.6) is 0 Å². The van der Waals surface area contributed by atoms with Crippen LogP contribution in [0.2, 0.25) is 0 Å². The van der Waals surface area contributed by atoms with Crippen molar-refractivity contribution in [2.75, 3.05) is 0 Å². The second kappa shape index (κ2) is 10.7. The van der Waals surface area contributed by atoms with Gasteiger partial charge in [0.1, 0.15) is 5.52 Å². The Kier molecular flexibility index (Phi) is 6.04. The number of benzene rings is 9. The second-order valence-corrected chi connectivity index (χ2v) is 14.7. The summed E-state index contributed by atoms with van der Waals surface area (Å²) in [6.45, 7) is 4.72. The quantitative estimate of drug-likeness (QED) is 0.139. The summed E-state index contributed by atoms with van der Waals surface area (Å²) in [5.74, 6) is 0.645. The molecule has 2 heteroatoms. The lowest BCUT2D eigenvalue weighted by molar-refractivity contribution is 0.623. The first-order valence-electron chi connectivity index (χ1n) is 18.0. The fourth-order valence-corrected chi connectivity index (χ4v) is 9.00. The summed E-state index contributed by atoms with van der Waals surface area (Å²) >= 11 is 0. The Hall–Kier alpha value is -6.51. The monoisotopic (exact) mass is 663 g/mol. The standard InChI is InChI=1S/C50H33NO/c1-50(2)42-19-11-10-14-36(42)37-26-23-34(29-43(37)50)46-40-17-8-6-15-38(40)45(39-16-7-9-18-41(39)46)33-22-25-35-32(28-33)21-20-30-24-27-44-48(47(30)35)52-49(51-44)31-12-4-3-5-13-31/h3-29H,1-2H3. The first-order chi connectivity index (χ1) is 25.5. The van der Waals surface area contributed by atoms with Gasteiger partial charge in [0, 0.05) is 16.4 Å². The average Bonchev–Trinajstić information content (AvgIpc) is 3.73. The van der Waals surface area contributed by atoms with E-state index in [1.165, 1.54) is 71.4 Å². The van der Waals surface area contributed by atoms with Crippen LogP contribution in [0.4, 0.5) is 0 Å². The van der Waals surface area contributed by atoms with Gasteiger partial charge in [0.25, 0.3) is 0 Å². The molecule has 1 aromatic heterocycles. The van der Waals surface area contributed by atoms with Gasteiger partial charge in [0.05, 0.1) is 0 Å². The fraction of sp³-hybridized carbons (Fsp3) is 0.0600. The molecule has 0 atom stereocenters. The molecule has 0 aliphatic heterocycles. The van der Waals surface area contributed by atoms with Crippen molar-refractivity contribution in [3.05, 3.63) is 175 Å². The van der Waals surface area contributed by atoms with Crippen molar-refractivity contribution in [1.29, 1.82) is 0 Å². The zero-order chi connectivity index (χ0) is 34.6. The molecule has 0 amide bonds. The molecule has 0 fully saturated rings. The lowest BCUT2D eigenvalue weighted by Crippen LogP contribution is -2.14. The lowest BCUT2D eigenvalue weighted by Gasteiger charge is -2.23. The molecule has 0 unspecified atom stereocenters. The highest BCUT2D eigenvalue weighted by Crippen LogP contribution is 2.51. The number of nitrogens with zero attached hydrogens (tertiary/aromatic N) is 1. The van der Waals surface area contributed by atoms with Gasteiger partial charge in [-0.1, -0.05) is 147 Å². The summed E-state index contributed by atoms with van der Waals surface area (Å²) in [5.41, 5.74) is 13.1. The molecule has 0 N–H and O–H groups in total. The largest absolute Gasteiger partial charge is 0.435 e. The number of hydrogen-bond donors (Lipinski definition) is 0. The number of aromatic nitrogens is 1. The number of hydrogen-bond acceptors (Lipinski definition) is 2. The maximum absolute atomic E-state index is 6.51. The summed E-state index contributed by atoms with van der Waals surface area (Å²) in [7, 11) is 0. The van der Waals surface area contributed by atoms with Crippen LogP contribution in [0.3, 0.4) is 0 Å². The minimum absolute atomic E-state index is 0.0663. The Morgan fingerprint density at radius 2 is 1.02 bits per heavy atom. The van der Waals surface area contributed by atoms with E-state index >= 15 is 0 Å². The summed E-state index contributed by atoms with van der Waals surface area (Å²) in [6.07, 6.45) is 0. The van der Waals surface area contributed by atoms with Crippen molar-refractivity contribution < 1.29 is 4.42 Å². The zero-order valence-corrected chi connectivity index (χ0v) is 28.9. The first-order valence-corrected chi connectivity index (χ1v) is 18.0. The van der Waals surface area contributed by atoms with Crippen LogP contribution in [-0.2, 0) is 5.41 Å². The predicted octanol–water partition coefficient (Wildman–Crippen LogP) is 13.7. The fourth-order valence-electron chi connectivity index (χ4n) is 9.00. The van der Waals surface area contributed by atoms with E-state index in [9.17, 15) is 0 Å². The van der Waals surface area contributed by atoms with Gasteiger partial charge in [-0.05, 0) is 113 Å². The average molecular weight is 664 g/mol. The summed E-state index contributed by atoms with van der Waals surface area (Å²) < 4.78 is 6.51. The summed E-state index contributed by atoms with van der Waals surface area (Å²) in [4.78, 5) is 4.88. The molecule has 11 rings (SSSR count). The van der Waals surface area contributed by atoms with Crippen molar-refractivity contribution in [2.45, 2.75) is 19.3 Å². The topological polar surface area (TPSA) is 26.0 Å². The van der Waals surface area contributed by atoms with Crippen molar-refractivity contribution in [3.63, 3.8) is 0 Å². The van der Waals surface area contributed by atoms with Crippen LogP contribution in [0.15, 0.2) is 168 Å². The third-order valence-electron chi connectivity index (χ3n) is 11.5. The minimum atomic E-state index is -0.0663. The maximum atomic E-state index is 6.51. The van der Waals surface area contributed by atoms with E-state index in [2.05, 4.69) is 147 Å². The van der Waals surface area contributed by atoms with E-state index in [1.807, 2.05) is 30.3 Å². The van der Waals surface area contributed by atoms with Crippen molar-refractivity contribution in [3.8, 4) is 44.8 Å². The smallest absolute Gasteiger partial charge is 0.227 e. The van der Waals surface area contributed by atoms with Gasteiger partial charge in [-0.25, -0.2) is 4.98 Å². The SMILES string of the molecule is CC1(C)c2ccccc2-c2ccc(-c3c4ccccc4c(-c4ccc5c(ccc6ccc7nc(-c8ccccc8)oc7c65)c4)c4ccccc34)cc21. The molecule has 0 radical (unpaired) electrons. The molecule has 1 aliphatic rings. The molecule has 0 saturated carbocycles. The zero-order valence-electron chi connectivity index (χ0n) is 28.9. The Morgan fingerprint density at radius 1 is 0.442 bits per heavy atom. The molecule has 1 heterocycles. The van der Waals surface area contributed by atoms with Crippen molar-refractivity contribution in [1.82, 2.24) is 4.98 Å². The van der Waals surface area contributed by atoms with Crippen LogP contribution >= 0.6 is 0 Å². The van der Waals surface area contributed by atoms with Crippen molar-refractivity contribution >= 4 is 54.2 Å². The van der Waals surface area contributed by atoms with Gasteiger partial charge in [-0.15, -0.1) is 0 Å². The van der Waals surface area contributed by atoms with Gasteiger partial charge in [0.2, 0.25) is 5.89 Å². The van der Waals surface area contributed by atoms with Crippen LogP contribution in [0.25, 0.3) is 99.0 Å². The highest BCUT2D eigenvalue weighted by atomic mass is 16.3. The van der Waals surface area contributed by atoms with Crippen molar-refractivity contribution in [2.24, 2.45) is 0 Å². The minimum Gasteiger partial charge on any atom is -0.435 e. The van der Waals surface area contributed by atoms with Gasteiger partial charge < -0.3 is 4.42 Å². The van der Waals surface area contributed by atoms with E-state index in [-0.39, 0.29) is 5.41 Å². The maximum Gasteiger partial charge on any atom is 0.227 e. The van der Waals surface area contributed by atoms with E-state index < -0.39 is 0 Å². The Bertz CT molecular complexity index is 3040. The molecule has 10 aromatic rings. The Labute approximate surface area is 301 Å². The molecule has 9 aromatic carbocycles. The number of oxazole rings is 1. The van der Waals surface area contributed by atoms with Gasteiger partial charge in [-0.2, -0.15) is 0 Å².